The van der Waals surface area contributed by atoms with Crippen molar-refractivity contribution in [2.24, 2.45) is 11.3 Å². The molecule has 1 fully saturated rings. The minimum absolute atomic E-state index is 0.352. The molecule has 0 saturated heterocycles. The molecule has 0 aromatic heterocycles. The number of hydrogen-bond acceptors (Lipinski definition) is 1. The van der Waals surface area contributed by atoms with E-state index in [0.717, 1.165) is 6.42 Å². The van der Waals surface area contributed by atoms with E-state index in [0.29, 0.717) is 17.9 Å². The van der Waals surface area contributed by atoms with E-state index in [4.69, 9.17) is 5.11 Å². The molecule has 1 N–H and O–H groups in total. The van der Waals surface area contributed by atoms with Gasteiger partial charge in [0.2, 0.25) is 0 Å². The zero-order valence-corrected chi connectivity index (χ0v) is 9.14. The first kappa shape index (κ1) is 10.8. The van der Waals surface area contributed by atoms with Gasteiger partial charge in [0, 0.05) is 6.61 Å². The summed E-state index contributed by atoms with van der Waals surface area (Å²) in [5.74, 6) is 0.536. The molecular formula is C12H22O. The topological polar surface area (TPSA) is 20.2 Å². The fourth-order valence-electron chi connectivity index (χ4n) is 2.64. The predicted octanol–water partition coefficient (Wildman–Crippen LogP) is 3.14. The summed E-state index contributed by atoms with van der Waals surface area (Å²) in [7, 11) is 0. The van der Waals surface area contributed by atoms with E-state index in [1.807, 2.05) is 0 Å². The van der Waals surface area contributed by atoms with Crippen LogP contribution in [0.5, 0.6) is 0 Å². The summed E-state index contributed by atoms with van der Waals surface area (Å²) >= 11 is 0. The van der Waals surface area contributed by atoms with Crippen LogP contribution in [-0.4, -0.2) is 11.7 Å². The van der Waals surface area contributed by atoms with Gasteiger partial charge in [0.25, 0.3) is 0 Å². The summed E-state index contributed by atoms with van der Waals surface area (Å²) in [5.41, 5.74) is 1.76. The maximum atomic E-state index is 9.14. The molecule has 0 aromatic rings. The molecule has 0 bridgehead atoms. The van der Waals surface area contributed by atoms with Crippen molar-refractivity contribution >= 4 is 0 Å². The average molecular weight is 182 g/mol. The Labute approximate surface area is 81.9 Å². The first-order valence-electron chi connectivity index (χ1n) is 5.33. The van der Waals surface area contributed by atoms with Crippen molar-refractivity contribution in [3.63, 3.8) is 0 Å². The second-order valence-electron chi connectivity index (χ2n) is 5.02. The maximum Gasteiger partial charge on any atom is 0.0459 e. The predicted molar refractivity (Wildman–Crippen MR) is 56.6 cm³/mol. The zero-order chi connectivity index (χ0) is 9.90. The lowest BCUT2D eigenvalue weighted by atomic mass is 9.70. The monoisotopic (exact) mass is 182 g/mol. The molecule has 1 aliphatic carbocycles. The smallest absolute Gasteiger partial charge is 0.0459 e. The Morgan fingerprint density at radius 1 is 1.54 bits per heavy atom. The lowest BCUT2D eigenvalue weighted by molar-refractivity contribution is 0.135. The van der Waals surface area contributed by atoms with Crippen LogP contribution in [-0.2, 0) is 0 Å². The Morgan fingerprint density at radius 3 is 2.77 bits per heavy atom. The summed E-state index contributed by atoms with van der Waals surface area (Å²) in [6.07, 6.45) is 7.31. The lowest BCUT2D eigenvalue weighted by Gasteiger charge is -2.35. The van der Waals surface area contributed by atoms with Crippen molar-refractivity contribution in [2.75, 3.05) is 6.61 Å². The Bertz CT molecular complexity index is 191. The van der Waals surface area contributed by atoms with Gasteiger partial charge < -0.3 is 5.11 Å². The van der Waals surface area contributed by atoms with Gasteiger partial charge in [0.15, 0.2) is 0 Å². The summed E-state index contributed by atoms with van der Waals surface area (Å²) in [6, 6.07) is 0. The van der Waals surface area contributed by atoms with Gasteiger partial charge in [0.05, 0.1) is 0 Å². The van der Waals surface area contributed by atoms with Gasteiger partial charge in [-0.25, -0.2) is 0 Å². The fourth-order valence-corrected chi connectivity index (χ4v) is 2.64. The highest BCUT2D eigenvalue weighted by Gasteiger charge is 2.29. The third-order valence-corrected chi connectivity index (χ3v) is 3.01. The highest BCUT2D eigenvalue weighted by atomic mass is 16.3. The second kappa shape index (κ2) is 4.28. The van der Waals surface area contributed by atoms with E-state index in [1.54, 1.807) is 0 Å². The molecule has 1 nitrogen and oxygen atoms in total. The number of aliphatic hydroxyl groups is 1. The number of rotatable bonds is 2. The third kappa shape index (κ3) is 3.15. The number of hydrogen-bond donors (Lipinski definition) is 1. The quantitative estimate of drug-likeness (QED) is 0.650. The summed E-state index contributed by atoms with van der Waals surface area (Å²) in [6.45, 7) is 7.01. The SMILES string of the molecule is CC(C)=CC1(C)CCCC(CO)C1. The van der Waals surface area contributed by atoms with Crippen molar-refractivity contribution in [1.82, 2.24) is 0 Å². The van der Waals surface area contributed by atoms with Crippen LogP contribution in [0.15, 0.2) is 11.6 Å². The van der Waals surface area contributed by atoms with Gasteiger partial charge in [-0.3, -0.25) is 0 Å². The first-order chi connectivity index (χ1) is 6.06. The molecule has 13 heavy (non-hydrogen) atoms. The van der Waals surface area contributed by atoms with Crippen LogP contribution >= 0.6 is 0 Å². The number of aliphatic hydroxyl groups excluding tert-OH is 1. The molecule has 1 saturated carbocycles. The Kier molecular flexibility index (Phi) is 3.55. The molecule has 2 atom stereocenters. The van der Waals surface area contributed by atoms with Crippen molar-refractivity contribution in [2.45, 2.75) is 46.5 Å². The van der Waals surface area contributed by atoms with Crippen molar-refractivity contribution in [3.05, 3.63) is 11.6 Å². The minimum atomic E-state index is 0.352. The zero-order valence-electron chi connectivity index (χ0n) is 9.14. The molecule has 0 heterocycles. The van der Waals surface area contributed by atoms with Crippen molar-refractivity contribution in [3.8, 4) is 0 Å². The molecule has 0 radical (unpaired) electrons. The maximum absolute atomic E-state index is 9.14. The van der Waals surface area contributed by atoms with E-state index < -0.39 is 0 Å². The van der Waals surface area contributed by atoms with Crippen LogP contribution in [0, 0.1) is 11.3 Å². The fraction of sp³-hybridized carbons (Fsp3) is 0.833. The van der Waals surface area contributed by atoms with Crippen LogP contribution in [0.3, 0.4) is 0 Å². The van der Waals surface area contributed by atoms with Gasteiger partial charge in [-0.2, -0.15) is 0 Å². The lowest BCUT2D eigenvalue weighted by Crippen LogP contribution is -2.25. The van der Waals surface area contributed by atoms with Gasteiger partial charge in [0.1, 0.15) is 0 Å². The Balaban J connectivity index is 2.62. The molecule has 1 aliphatic rings. The average Bonchev–Trinajstić information content (AvgIpc) is 2.02. The largest absolute Gasteiger partial charge is 0.396 e. The molecule has 2 unspecified atom stereocenters. The summed E-state index contributed by atoms with van der Waals surface area (Å²) in [5, 5.41) is 9.14. The van der Waals surface area contributed by atoms with Crippen LogP contribution in [0.2, 0.25) is 0 Å². The standard InChI is InChI=1S/C12H22O/c1-10(2)7-12(3)6-4-5-11(8-12)9-13/h7,11,13H,4-6,8-9H2,1-3H3. The normalized spacial score (nSPS) is 34.3. The minimum Gasteiger partial charge on any atom is -0.396 e. The van der Waals surface area contributed by atoms with E-state index in [1.165, 1.54) is 24.8 Å². The van der Waals surface area contributed by atoms with Crippen LogP contribution in [0.4, 0.5) is 0 Å². The molecule has 0 aromatic carbocycles. The molecule has 76 valence electrons. The van der Waals surface area contributed by atoms with Gasteiger partial charge in [-0.05, 0) is 44.4 Å². The molecule has 0 aliphatic heterocycles. The summed E-state index contributed by atoms with van der Waals surface area (Å²) in [4.78, 5) is 0. The Morgan fingerprint density at radius 2 is 2.23 bits per heavy atom. The highest BCUT2D eigenvalue weighted by molar-refractivity contribution is 5.05. The van der Waals surface area contributed by atoms with Crippen LogP contribution < -0.4 is 0 Å². The van der Waals surface area contributed by atoms with E-state index in [2.05, 4.69) is 26.8 Å². The second-order valence-corrected chi connectivity index (χ2v) is 5.02. The van der Waals surface area contributed by atoms with Gasteiger partial charge in [-0.15, -0.1) is 0 Å². The number of allylic oxidation sites excluding steroid dienone is 2. The van der Waals surface area contributed by atoms with E-state index >= 15 is 0 Å². The van der Waals surface area contributed by atoms with Gasteiger partial charge in [-0.1, -0.05) is 25.0 Å². The van der Waals surface area contributed by atoms with Gasteiger partial charge >= 0.3 is 0 Å². The van der Waals surface area contributed by atoms with Crippen molar-refractivity contribution in [1.29, 1.82) is 0 Å². The highest BCUT2D eigenvalue weighted by Crippen LogP contribution is 2.40. The van der Waals surface area contributed by atoms with E-state index in [-0.39, 0.29) is 0 Å². The summed E-state index contributed by atoms with van der Waals surface area (Å²) < 4.78 is 0. The van der Waals surface area contributed by atoms with Crippen LogP contribution in [0.25, 0.3) is 0 Å². The molecule has 0 amide bonds. The van der Waals surface area contributed by atoms with E-state index in [9.17, 15) is 0 Å². The molecule has 0 spiro atoms. The van der Waals surface area contributed by atoms with Crippen LogP contribution in [0.1, 0.15) is 46.5 Å². The molecule has 1 rings (SSSR count). The molecular weight excluding hydrogens is 160 g/mol. The Hall–Kier alpha value is -0.300. The third-order valence-electron chi connectivity index (χ3n) is 3.01. The van der Waals surface area contributed by atoms with Crippen molar-refractivity contribution < 1.29 is 5.11 Å². The molecule has 1 heteroatoms. The first-order valence-corrected chi connectivity index (χ1v) is 5.33.